The van der Waals surface area contributed by atoms with Gasteiger partial charge in [-0.05, 0) is 25.3 Å². The highest BCUT2D eigenvalue weighted by atomic mass is 16.4. The lowest BCUT2D eigenvalue weighted by atomic mass is 9.94. The summed E-state index contributed by atoms with van der Waals surface area (Å²) in [6.07, 6.45) is 2.07. The number of rotatable bonds is 3. The smallest absolute Gasteiger partial charge is 0.326 e. The van der Waals surface area contributed by atoms with Crippen molar-refractivity contribution >= 4 is 11.9 Å². The van der Waals surface area contributed by atoms with Crippen molar-refractivity contribution in [2.45, 2.75) is 37.8 Å². The van der Waals surface area contributed by atoms with Crippen LogP contribution in [0.4, 0.5) is 0 Å². The van der Waals surface area contributed by atoms with Crippen LogP contribution < -0.4 is 5.73 Å². The zero-order valence-corrected chi connectivity index (χ0v) is 10.3. The molecule has 6 heteroatoms. The normalized spacial score (nSPS) is 36.0. The fraction of sp³-hybridized carbons (Fsp3) is 0.833. The molecule has 1 aliphatic heterocycles. The van der Waals surface area contributed by atoms with Gasteiger partial charge in [0.25, 0.3) is 0 Å². The van der Waals surface area contributed by atoms with Crippen molar-refractivity contribution in [3.05, 3.63) is 0 Å². The zero-order chi connectivity index (χ0) is 13.3. The Balaban J connectivity index is 2.10. The molecule has 4 atom stereocenters. The molecule has 6 nitrogen and oxygen atoms in total. The number of carboxylic acid groups (broad SMARTS) is 1. The molecule has 0 bridgehead atoms. The molecule has 0 spiro atoms. The van der Waals surface area contributed by atoms with Crippen LogP contribution in [-0.4, -0.2) is 52.2 Å². The van der Waals surface area contributed by atoms with Crippen LogP contribution in [0.5, 0.6) is 0 Å². The lowest BCUT2D eigenvalue weighted by Gasteiger charge is -2.27. The summed E-state index contributed by atoms with van der Waals surface area (Å²) in [5.41, 5.74) is 5.65. The maximum atomic E-state index is 12.4. The molecule has 18 heavy (non-hydrogen) atoms. The van der Waals surface area contributed by atoms with Crippen LogP contribution in [0.1, 0.15) is 25.7 Å². The number of nitrogens with two attached hydrogens (primary N) is 1. The van der Waals surface area contributed by atoms with Crippen molar-refractivity contribution < 1.29 is 19.8 Å². The maximum absolute atomic E-state index is 12.4. The molecule has 4 N–H and O–H groups in total. The molecule has 1 saturated heterocycles. The van der Waals surface area contributed by atoms with E-state index in [1.165, 1.54) is 4.90 Å². The number of hydrogen-bond donors (Lipinski definition) is 3. The minimum Gasteiger partial charge on any atom is -0.480 e. The highest BCUT2D eigenvalue weighted by Crippen LogP contribution is 2.34. The SMILES string of the molecule is NCC1CCCC1C(=O)N1C[C@H](O)C[C@@H]1C(=O)O. The highest BCUT2D eigenvalue weighted by molar-refractivity contribution is 5.86. The lowest BCUT2D eigenvalue weighted by molar-refractivity contribution is -0.150. The minimum atomic E-state index is -1.04. The van der Waals surface area contributed by atoms with E-state index in [2.05, 4.69) is 0 Å². The van der Waals surface area contributed by atoms with Gasteiger partial charge in [-0.1, -0.05) is 6.42 Å². The molecule has 2 unspecified atom stereocenters. The Labute approximate surface area is 106 Å². The number of β-amino-alcohol motifs (C(OH)–C–C–N with tert-alkyl or cyclic N) is 1. The molecule has 2 aliphatic rings. The second kappa shape index (κ2) is 5.24. The maximum Gasteiger partial charge on any atom is 0.326 e. The van der Waals surface area contributed by atoms with E-state index in [-0.39, 0.29) is 30.7 Å². The van der Waals surface area contributed by atoms with Gasteiger partial charge in [-0.15, -0.1) is 0 Å². The summed E-state index contributed by atoms with van der Waals surface area (Å²) in [4.78, 5) is 24.8. The van der Waals surface area contributed by atoms with Gasteiger partial charge < -0.3 is 20.8 Å². The molecule has 0 aromatic rings. The van der Waals surface area contributed by atoms with Crippen molar-refractivity contribution in [1.29, 1.82) is 0 Å². The Morgan fingerprint density at radius 2 is 2.06 bits per heavy atom. The fourth-order valence-electron chi connectivity index (χ4n) is 3.15. The van der Waals surface area contributed by atoms with E-state index in [1.807, 2.05) is 0 Å². The third kappa shape index (κ3) is 2.35. The average Bonchev–Trinajstić information content (AvgIpc) is 2.93. The number of carbonyl (C=O) groups is 2. The van der Waals surface area contributed by atoms with Gasteiger partial charge in [-0.3, -0.25) is 4.79 Å². The molecule has 102 valence electrons. The van der Waals surface area contributed by atoms with Crippen LogP contribution in [0.3, 0.4) is 0 Å². The van der Waals surface area contributed by atoms with Gasteiger partial charge in [-0.2, -0.15) is 0 Å². The summed E-state index contributed by atoms with van der Waals surface area (Å²) in [5, 5.41) is 18.6. The fourth-order valence-corrected chi connectivity index (χ4v) is 3.15. The largest absolute Gasteiger partial charge is 0.480 e. The molecule has 0 radical (unpaired) electrons. The summed E-state index contributed by atoms with van der Waals surface area (Å²) < 4.78 is 0. The molecule has 1 saturated carbocycles. The summed E-state index contributed by atoms with van der Waals surface area (Å²) in [5.74, 6) is -1.19. The number of hydrogen-bond acceptors (Lipinski definition) is 4. The molecule has 1 aliphatic carbocycles. The number of likely N-dealkylation sites (tertiary alicyclic amines) is 1. The molecule has 2 rings (SSSR count). The van der Waals surface area contributed by atoms with Crippen molar-refractivity contribution in [2.75, 3.05) is 13.1 Å². The van der Waals surface area contributed by atoms with Crippen LogP contribution in [0, 0.1) is 11.8 Å². The Kier molecular flexibility index (Phi) is 3.87. The third-order valence-electron chi connectivity index (χ3n) is 4.13. The molecule has 1 amide bonds. The van der Waals surface area contributed by atoms with E-state index in [1.54, 1.807) is 0 Å². The number of carboxylic acids is 1. The Morgan fingerprint density at radius 3 is 2.67 bits per heavy atom. The second-order valence-corrected chi connectivity index (χ2v) is 5.27. The summed E-state index contributed by atoms with van der Waals surface area (Å²) in [6, 6.07) is -0.883. The van der Waals surface area contributed by atoms with Crippen LogP contribution in [0.15, 0.2) is 0 Å². The number of carbonyl (C=O) groups excluding carboxylic acids is 1. The van der Waals surface area contributed by atoms with Crippen molar-refractivity contribution in [1.82, 2.24) is 4.90 Å². The first-order valence-electron chi connectivity index (χ1n) is 6.46. The first-order valence-corrected chi connectivity index (χ1v) is 6.46. The first kappa shape index (κ1) is 13.3. The second-order valence-electron chi connectivity index (χ2n) is 5.27. The van der Waals surface area contributed by atoms with Crippen molar-refractivity contribution in [2.24, 2.45) is 17.6 Å². The molecular weight excluding hydrogens is 236 g/mol. The van der Waals surface area contributed by atoms with Gasteiger partial charge in [0.2, 0.25) is 5.91 Å². The number of aliphatic hydroxyl groups is 1. The standard InChI is InChI=1S/C12H20N2O4/c13-5-7-2-1-3-9(7)11(16)14-6-8(15)4-10(14)12(17)18/h7-10,15H,1-6,13H2,(H,17,18)/t7?,8-,9?,10-/m1/s1. The topological polar surface area (TPSA) is 104 Å². The van der Waals surface area contributed by atoms with Crippen molar-refractivity contribution in [3.63, 3.8) is 0 Å². The summed E-state index contributed by atoms with van der Waals surface area (Å²) in [6.45, 7) is 0.591. The van der Waals surface area contributed by atoms with Gasteiger partial charge >= 0.3 is 5.97 Å². The van der Waals surface area contributed by atoms with Crippen LogP contribution in [0.25, 0.3) is 0 Å². The molecule has 1 heterocycles. The van der Waals surface area contributed by atoms with Crippen LogP contribution in [-0.2, 0) is 9.59 Å². The summed E-state index contributed by atoms with van der Waals surface area (Å²) in [7, 11) is 0. The average molecular weight is 256 g/mol. The lowest BCUT2D eigenvalue weighted by Crippen LogP contribution is -2.45. The van der Waals surface area contributed by atoms with E-state index >= 15 is 0 Å². The van der Waals surface area contributed by atoms with Crippen LogP contribution >= 0.6 is 0 Å². The van der Waals surface area contributed by atoms with E-state index in [0.29, 0.717) is 6.54 Å². The molecular formula is C12H20N2O4. The van der Waals surface area contributed by atoms with Gasteiger partial charge in [0.05, 0.1) is 6.10 Å². The molecule has 2 fully saturated rings. The van der Waals surface area contributed by atoms with E-state index < -0.39 is 18.1 Å². The van der Waals surface area contributed by atoms with E-state index in [0.717, 1.165) is 19.3 Å². The third-order valence-corrected chi connectivity index (χ3v) is 4.13. The zero-order valence-electron chi connectivity index (χ0n) is 10.3. The first-order chi connectivity index (χ1) is 8.54. The summed E-state index contributed by atoms with van der Waals surface area (Å²) >= 11 is 0. The number of amides is 1. The minimum absolute atomic E-state index is 0.126. The van der Waals surface area contributed by atoms with Gasteiger partial charge in [0.1, 0.15) is 6.04 Å². The quantitative estimate of drug-likeness (QED) is 0.626. The highest BCUT2D eigenvalue weighted by Gasteiger charge is 2.43. The Bertz CT molecular complexity index is 347. The number of nitrogens with zero attached hydrogens (tertiary/aromatic N) is 1. The monoisotopic (exact) mass is 256 g/mol. The Morgan fingerprint density at radius 1 is 1.33 bits per heavy atom. The number of aliphatic carboxylic acids is 1. The molecule has 0 aromatic carbocycles. The van der Waals surface area contributed by atoms with Crippen molar-refractivity contribution in [3.8, 4) is 0 Å². The van der Waals surface area contributed by atoms with Crippen LogP contribution in [0.2, 0.25) is 0 Å². The number of aliphatic hydroxyl groups excluding tert-OH is 1. The molecule has 0 aromatic heterocycles. The van der Waals surface area contributed by atoms with Gasteiger partial charge in [0.15, 0.2) is 0 Å². The van der Waals surface area contributed by atoms with E-state index in [4.69, 9.17) is 10.8 Å². The van der Waals surface area contributed by atoms with E-state index in [9.17, 15) is 14.7 Å². The predicted molar refractivity (Wildman–Crippen MR) is 63.6 cm³/mol. The van der Waals surface area contributed by atoms with Gasteiger partial charge in [0, 0.05) is 18.9 Å². The predicted octanol–water partition coefficient (Wildman–Crippen LogP) is -0.592. The Hall–Kier alpha value is -1.14. The van der Waals surface area contributed by atoms with Gasteiger partial charge in [-0.25, -0.2) is 4.79 Å².